The van der Waals surface area contributed by atoms with Crippen LogP contribution in [0.1, 0.15) is 27.2 Å². The number of aliphatic carboxylic acids is 1. The van der Waals surface area contributed by atoms with E-state index in [1.807, 2.05) is 0 Å². The monoisotopic (exact) mass is 288 g/mol. The minimum Gasteiger partial charge on any atom is -0.481 e. The van der Waals surface area contributed by atoms with Crippen molar-refractivity contribution in [2.75, 3.05) is 19.6 Å². The average molecular weight is 288 g/mol. The predicted molar refractivity (Wildman–Crippen MR) is 68.6 cm³/mol. The average Bonchev–Trinajstić information content (AvgIpc) is 2.25. The maximum absolute atomic E-state index is 11.9. The summed E-state index contributed by atoms with van der Waals surface area (Å²) in [6.07, 6.45) is -2.08. The first-order valence-corrected chi connectivity index (χ1v) is 6.29. The van der Waals surface area contributed by atoms with Gasteiger partial charge in [0.05, 0.1) is 12.5 Å². The second kappa shape index (κ2) is 5.98. The number of carboxylic acids is 1. The first kappa shape index (κ1) is 16.1. The lowest BCUT2D eigenvalue weighted by Gasteiger charge is -2.39. The molecule has 1 unspecified atom stereocenters. The smallest absolute Gasteiger partial charge is 0.410 e. The van der Waals surface area contributed by atoms with E-state index in [0.29, 0.717) is 0 Å². The summed E-state index contributed by atoms with van der Waals surface area (Å²) >= 11 is 0. The molecule has 1 aliphatic rings. The highest BCUT2D eigenvalue weighted by Crippen LogP contribution is 2.17. The van der Waals surface area contributed by atoms with Crippen LogP contribution >= 0.6 is 0 Å². The van der Waals surface area contributed by atoms with Crippen LogP contribution in [0.4, 0.5) is 9.59 Å². The predicted octanol–water partition coefficient (Wildman–Crippen LogP) is 1.06. The number of piperazine rings is 1. The molecule has 1 heterocycles. The van der Waals surface area contributed by atoms with Crippen molar-refractivity contribution in [3.8, 4) is 0 Å². The summed E-state index contributed by atoms with van der Waals surface area (Å²) in [7, 11) is 0. The molecule has 0 aliphatic carbocycles. The molecule has 1 saturated heterocycles. The summed E-state index contributed by atoms with van der Waals surface area (Å²) in [5, 5.41) is 17.9. The summed E-state index contributed by atoms with van der Waals surface area (Å²) in [4.78, 5) is 36.1. The number of rotatable bonds is 2. The number of carbonyl (C=O) groups excluding carboxylic acids is 1. The molecule has 0 radical (unpaired) electrons. The normalized spacial score (nSPS) is 19.6. The van der Waals surface area contributed by atoms with Gasteiger partial charge in [0, 0.05) is 19.6 Å². The van der Waals surface area contributed by atoms with Gasteiger partial charge >= 0.3 is 18.2 Å². The van der Waals surface area contributed by atoms with Gasteiger partial charge < -0.3 is 24.7 Å². The third-order valence-electron chi connectivity index (χ3n) is 2.79. The Kier molecular flexibility index (Phi) is 4.80. The van der Waals surface area contributed by atoms with E-state index in [1.165, 1.54) is 4.90 Å². The zero-order chi connectivity index (χ0) is 15.5. The fourth-order valence-corrected chi connectivity index (χ4v) is 1.98. The van der Waals surface area contributed by atoms with Crippen molar-refractivity contribution >= 4 is 18.2 Å². The van der Waals surface area contributed by atoms with Crippen LogP contribution in [-0.2, 0) is 9.53 Å². The molecule has 0 aromatic heterocycles. The van der Waals surface area contributed by atoms with Crippen LogP contribution in [-0.4, -0.2) is 69.4 Å². The molecule has 0 aromatic rings. The first-order chi connectivity index (χ1) is 9.10. The Morgan fingerprint density at radius 1 is 1.20 bits per heavy atom. The van der Waals surface area contributed by atoms with Gasteiger partial charge in [-0.2, -0.15) is 0 Å². The van der Waals surface area contributed by atoms with Crippen LogP contribution in [0.5, 0.6) is 0 Å². The Balaban J connectivity index is 2.73. The molecule has 1 fully saturated rings. The molecule has 0 aromatic carbocycles. The second-order valence-corrected chi connectivity index (χ2v) is 5.65. The van der Waals surface area contributed by atoms with Crippen molar-refractivity contribution in [1.29, 1.82) is 0 Å². The van der Waals surface area contributed by atoms with Gasteiger partial charge in [0.25, 0.3) is 0 Å². The van der Waals surface area contributed by atoms with Crippen LogP contribution < -0.4 is 0 Å². The highest BCUT2D eigenvalue weighted by Gasteiger charge is 2.35. The van der Waals surface area contributed by atoms with E-state index < -0.39 is 29.8 Å². The molecule has 8 nitrogen and oxygen atoms in total. The van der Waals surface area contributed by atoms with E-state index >= 15 is 0 Å². The standard InChI is InChI=1S/C12H20N2O6/c1-12(2,3)20-11(19)13-4-5-14(10(17)18)8(7-13)6-9(15)16/h8H,4-7H2,1-3H3,(H,15,16)(H,17,18). The Labute approximate surface area is 116 Å². The van der Waals surface area contributed by atoms with Crippen LogP contribution in [0.15, 0.2) is 0 Å². The zero-order valence-electron chi connectivity index (χ0n) is 11.8. The molecule has 114 valence electrons. The number of nitrogens with zero attached hydrogens (tertiary/aromatic N) is 2. The number of ether oxygens (including phenoxy) is 1. The quantitative estimate of drug-likeness (QED) is 0.786. The molecule has 1 atom stereocenters. The van der Waals surface area contributed by atoms with E-state index in [1.54, 1.807) is 20.8 Å². The first-order valence-electron chi connectivity index (χ1n) is 6.29. The van der Waals surface area contributed by atoms with Gasteiger partial charge in [-0.15, -0.1) is 0 Å². The summed E-state index contributed by atoms with van der Waals surface area (Å²) in [5.74, 6) is -1.10. The largest absolute Gasteiger partial charge is 0.481 e. The second-order valence-electron chi connectivity index (χ2n) is 5.65. The lowest BCUT2D eigenvalue weighted by atomic mass is 10.1. The van der Waals surface area contributed by atoms with E-state index in [-0.39, 0.29) is 26.1 Å². The lowest BCUT2D eigenvalue weighted by molar-refractivity contribution is -0.138. The van der Waals surface area contributed by atoms with Crippen LogP contribution in [0.2, 0.25) is 0 Å². The third kappa shape index (κ3) is 4.60. The van der Waals surface area contributed by atoms with Crippen molar-refractivity contribution in [2.45, 2.75) is 38.8 Å². The molecule has 0 bridgehead atoms. The fraction of sp³-hybridized carbons (Fsp3) is 0.750. The summed E-state index contributed by atoms with van der Waals surface area (Å²) in [6, 6.07) is -0.758. The van der Waals surface area contributed by atoms with Gasteiger partial charge in [-0.25, -0.2) is 9.59 Å². The molecule has 1 aliphatic heterocycles. The van der Waals surface area contributed by atoms with Crippen molar-refractivity contribution in [1.82, 2.24) is 9.80 Å². The zero-order valence-corrected chi connectivity index (χ0v) is 11.8. The van der Waals surface area contributed by atoms with Gasteiger partial charge in [0.2, 0.25) is 0 Å². The Hall–Kier alpha value is -1.99. The van der Waals surface area contributed by atoms with Crippen molar-refractivity contribution in [3.05, 3.63) is 0 Å². The Bertz CT molecular complexity index is 403. The van der Waals surface area contributed by atoms with Gasteiger partial charge in [-0.3, -0.25) is 4.79 Å². The maximum Gasteiger partial charge on any atom is 0.410 e. The molecular formula is C12H20N2O6. The summed E-state index contributed by atoms with van der Waals surface area (Å²) in [6.45, 7) is 5.48. The molecule has 20 heavy (non-hydrogen) atoms. The van der Waals surface area contributed by atoms with Crippen molar-refractivity contribution < 1.29 is 29.3 Å². The highest BCUT2D eigenvalue weighted by atomic mass is 16.6. The Morgan fingerprint density at radius 2 is 1.80 bits per heavy atom. The van der Waals surface area contributed by atoms with Crippen LogP contribution in [0, 0.1) is 0 Å². The number of hydrogen-bond donors (Lipinski definition) is 2. The van der Waals surface area contributed by atoms with Gasteiger partial charge in [0.15, 0.2) is 0 Å². The minimum atomic E-state index is -1.18. The maximum atomic E-state index is 11.9. The SMILES string of the molecule is CC(C)(C)OC(=O)N1CCN(C(=O)O)C(CC(=O)O)C1. The van der Waals surface area contributed by atoms with Crippen LogP contribution in [0.3, 0.4) is 0 Å². The molecule has 1 rings (SSSR count). The highest BCUT2D eigenvalue weighted by molar-refractivity contribution is 5.72. The number of carboxylic acid groups (broad SMARTS) is 2. The number of carbonyl (C=O) groups is 3. The Morgan fingerprint density at radius 3 is 2.25 bits per heavy atom. The van der Waals surface area contributed by atoms with E-state index in [0.717, 1.165) is 4.90 Å². The van der Waals surface area contributed by atoms with E-state index in [9.17, 15) is 14.4 Å². The van der Waals surface area contributed by atoms with Gasteiger partial charge in [-0.1, -0.05) is 0 Å². The third-order valence-corrected chi connectivity index (χ3v) is 2.79. The molecular weight excluding hydrogens is 268 g/mol. The molecule has 0 spiro atoms. The topological polar surface area (TPSA) is 107 Å². The van der Waals surface area contributed by atoms with E-state index in [4.69, 9.17) is 14.9 Å². The van der Waals surface area contributed by atoms with Gasteiger partial charge in [0.1, 0.15) is 5.60 Å². The fourth-order valence-electron chi connectivity index (χ4n) is 1.98. The van der Waals surface area contributed by atoms with Crippen LogP contribution in [0.25, 0.3) is 0 Å². The summed E-state index contributed by atoms with van der Waals surface area (Å²) < 4.78 is 5.20. The molecule has 8 heteroatoms. The number of amides is 2. The van der Waals surface area contributed by atoms with Crippen molar-refractivity contribution in [3.63, 3.8) is 0 Å². The molecule has 2 N–H and O–H groups in total. The minimum absolute atomic E-state index is 0.0213. The van der Waals surface area contributed by atoms with Crippen molar-refractivity contribution in [2.24, 2.45) is 0 Å². The van der Waals surface area contributed by atoms with Gasteiger partial charge in [-0.05, 0) is 20.8 Å². The molecule has 0 saturated carbocycles. The molecule has 2 amide bonds. The summed E-state index contributed by atoms with van der Waals surface area (Å²) in [5.41, 5.74) is -0.649. The lowest BCUT2D eigenvalue weighted by Crippen LogP contribution is -2.57. The van der Waals surface area contributed by atoms with E-state index in [2.05, 4.69) is 0 Å². The number of hydrogen-bond acceptors (Lipinski definition) is 4.